The minimum Gasteiger partial charge on any atom is -0.460 e. The van der Waals surface area contributed by atoms with Crippen LogP contribution in [0.4, 0.5) is 0 Å². The van der Waals surface area contributed by atoms with E-state index in [4.69, 9.17) is 9.84 Å². The largest absolute Gasteiger partial charge is 0.460 e. The highest BCUT2D eigenvalue weighted by Crippen LogP contribution is 2.12. The van der Waals surface area contributed by atoms with E-state index in [0.29, 0.717) is 12.8 Å². The fourth-order valence-corrected chi connectivity index (χ4v) is 3.19. The lowest BCUT2D eigenvalue weighted by Crippen LogP contribution is -2.20. The van der Waals surface area contributed by atoms with Crippen molar-refractivity contribution in [2.24, 2.45) is 0 Å². The highest BCUT2D eigenvalue weighted by atomic mass is 16.5. The van der Waals surface area contributed by atoms with Crippen molar-refractivity contribution in [3.8, 4) is 0 Å². The van der Waals surface area contributed by atoms with E-state index in [9.17, 15) is 4.79 Å². The molecular weight excluding hydrogens is 336 g/mol. The molecule has 0 heterocycles. The fraction of sp³-hybridized carbons (Fsp3) is 0.875. The van der Waals surface area contributed by atoms with Crippen LogP contribution in [-0.4, -0.2) is 23.8 Å². The highest BCUT2D eigenvalue weighted by Gasteiger charge is 2.10. The van der Waals surface area contributed by atoms with Crippen molar-refractivity contribution in [2.45, 2.75) is 129 Å². The minimum absolute atomic E-state index is 0.0719. The molecule has 0 aromatic carbocycles. The van der Waals surface area contributed by atoms with E-state index in [1.165, 1.54) is 83.5 Å². The number of ether oxygens (including phenoxy) is 1. The Balaban J connectivity index is 3.23. The van der Waals surface area contributed by atoms with Gasteiger partial charge in [-0.2, -0.15) is 0 Å². The summed E-state index contributed by atoms with van der Waals surface area (Å²) in [5.74, 6) is -0.161. The Morgan fingerprint density at radius 1 is 0.778 bits per heavy atom. The average molecular weight is 383 g/mol. The van der Waals surface area contributed by atoms with Crippen LogP contribution < -0.4 is 0 Å². The first-order valence-electron chi connectivity index (χ1n) is 11.7. The van der Waals surface area contributed by atoms with Gasteiger partial charge in [-0.3, -0.25) is 4.79 Å². The van der Waals surface area contributed by atoms with Crippen LogP contribution in [0, 0.1) is 0 Å². The van der Waals surface area contributed by atoms with Crippen molar-refractivity contribution in [3.05, 3.63) is 12.2 Å². The van der Waals surface area contributed by atoms with E-state index in [1.54, 1.807) is 0 Å². The van der Waals surface area contributed by atoms with Gasteiger partial charge in [0, 0.05) is 6.42 Å². The van der Waals surface area contributed by atoms with E-state index in [-0.39, 0.29) is 18.7 Å². The monoisotopic (exact) mass is 382 g/mol. The van der Waals surface area contributed by atoms with Gasteiger partial charge < -0.3 is 9.84 Å². The molecular formula is C24H46O3. The zero-order chi connectivity index (χ0) is 20.0. The quantitative estimate of drug-likeness (QED) is 0.138. The molecule has 1 unspecified atom stereocenters. The number of allylic oxidation sites excluding steroid dienone is 2. The first-order valence-corrected chi connectivity index (χ1v) is 11.7. The first-order chi connectivity index (χ1) is 13.2. The zero-order valence-corrected chi connectivity index (χ0v) is 18.2. The van der Waals surface area contributed by atoms with Crippen molar-refractivity contribution in [2.75, 3.05) is 6.61 Å². The van der Waals surface area contributed by atoms with E-state index in [1.807, 2.05) is 6.92 Å². The number of carbonyl (C=O) groups excluding carboxylic acids is 1. The smallest absolute Gasteiger partial charge is 0.306 e. The fourth-order valence-electron chi connectivity index (χ4n) is 3.19. The molecule has 0 rings (SSSR count). The van der Waals surface area contributed by atoms with Gasteiger partial charge in [-0.15, -0.1) is 0 Å². The Morgan fingerprint density at radius 3 is 1.74 bits per heavy atom. The third-order valence-corrected chi connectivity index (χ3v) is 5.10. The maximum absolute atomic E-state index is 11.6. The van der Waals surface area contributed by atoms with Gasteiger partial charge in [0.1, 0.15) is 6.10 Å². The van der Waals surface area contributed by atoms with E-state index in [2.05, 4.69) is 19.1 Å². The Hall–Kier alpha value is -0.830. The van der Waals surface area contributed by atoms with Gasteiger partial charge in [-0.1, -0.05) is 90.2 Å². The van der Waals surface area contributed by atoms with Crippen LogP contribution in [0.5, 0.6) is 0 Å². The summed E-state index contributed by atoms with van der Waals surface area (Å²) in [5.41, 5.74) is 0. The van der Waals surface area contributed by atoms with Gasteiger partial charge >= 0.3 is 5.97 Å². The van der Waals surface area contributed by atoms with Gasteiger partial charge in [0.05, 0.1) is 6.61 Å². The molecule has 3 heteroatoms. The Labute approximate surface area is 169 Å². The van der Waals surface area contributed by atoms with Crippen LogP contribution in [0.25, 0.3) is 0 Å². The predicted octanol–water partition coefficient (Wildman–Crippen LogP) is 7.12. The summed E-state index contributed by atoms with van der Waals surface area (Å²) in [5, 5.41) is 9.01. The molecule has 27 heavy (non-hydrogen) atoms. The van der Waals surface area contributed by atoms with Crippen LogP contribution >= 0.6 is 0 Å². The topological polar surface area (TPSA) is 46.5 Å². The Kier molecular flexibility index (Phi) is 20.8. The van der Waals surface area contributed by atoms with Gasteiger partial charge in [-0.25, -0.2) is 0 Å². The van der Waals surface area contributed by atoms with Gasteiger partial charge in [0.2, 0.25) is 0 Å². The normalized spacial score (nSPS) is 12.6. The molecule has 0 aliphatic carbocycles. The summed E-state index contributed by atoms with van der Waals surface area (Å²) in [7, 11) is 0. The molecule has 0 fully saturated rings. The number of esters is 1. The Bertz CT molecular complexity index is 335. The minimum atomic E-state index is -0.321. The predicted molar refractivity (Wildman–Crippen MR) is 116 cm³/mol. The van der Waals surface area contributed by atoms with E-state index >= 15 is 0 Å². The molecule has 0 aromatic rings. The van der Waals surface area contributed by atoms with Crippen LogP contribution in [0.1, 0.15) is 123 Å². The van der Waals surface area contributed by atoms with Crippen molar-refractivity contribution in [3.63, 3.8) is 0 Å². The van der Waals surface area contributed by atoms with Crippen LogP contribution in [-0.2, 0) is 9.53 Å². The molecule has 0 aromatic heterocycles. The molecule has 0 amide bonds. The van der Waals surface area contributed by atoms with Crippen LogP contribution in [0.2, 0.25) is 0 Å². The lowest BCUT2D eigenvalue weighted by molar-refractivity contribution is -0.151. The third kappa shape index (κ3) is 19.7. The average Bonchev–Trinajstić information content (AvgIpc) is 2.68. The standard InChI is InChI=1S/C24H46O3/c1-3-5-6-7-8-9-10-11-12-13-14-15-16-17-18-19-20-21-24(26)27-23(4-2)22-25/h9-10,23,25H,3-8,11-22H2,1-2H3/b10-9-. The number of hydrogen-bond acceptors (Lipinski definition) is 3. The van der Waals surface area contributed by atoms with Gasteiger partial charge in [0.25, 0.3) is 0 Å². The number of rotatable bonds is 20. The molecule has 1 atom stereocenters. The summed E-state index contributed by atoms with van der Waals surface area (Å²) in [6.45, 7) is 4.11. The number of hydrogen-bond donors (Lipinski definition) is 1. The SMILES string of the molecule is CCCCCC/C=C\CCCCCCCCCCCC(=O)OC(CC)CO. The second kappa shape index (κ2) is 21.5. The second-order valence-electron chi connectivity index (χ2n) is 7.74. The zero-order valence-electron chi connectivity index (χ0n) is 18.2. The molecule has 1 N–H and O–H groups in total. The van der Waals surface area contributed by atoms with Gasteiger partial charge in [0.15, 0.2) is 0 Å². The Morgan fingerprint density at radius 2 is 1.26 bits per heavy atom. The van der Waals surface area contributed by atoms with Crippen LogP contribution in [0.15, 0.2) is 12.2 Å². The van der Waals surface area contributed by atoms with E-state index in [0.717, 1.165) is 12.8 Å². The molecule has 0 saturated carbocycles. The molecule has 0 spiro atoms. The number of carbonyl (C=O) groups is 1. The summed E-state index contributed by atoms with van der Waals surface area (Å²) in [4.78, 5) is 11.6. The van der Waals surface area contributed by atoms with Crippen molar-refractivity contribution >= 4 is 5.97 Å². The summed E-state index contributed by atoms with van der Waals surface area (Å²) in [6.07, 6.45) is 24.8. The number of unbranched alkanes of at least 4 members (excludes halogenated alkanes) is 13. The molecule has 0 saturated heterocycles. The van der Waals surface area contributed by atoms with Crippen molar-refractivity contribution in [1.29, 1.82) is 0 Å². The second-order valence-corrected chi connectivity index (χ2v) is 7.74. The lowest BCUT2D eigenvalue weighted by Gasteiger charge is -2.12. The van der Waals surface area contributed by atoms with Crippen molar-refractivity contribution in [1.82, 2.24) is 0 Å². The maximum atomic E-state index is 11.6. The lowest BCUT2D eigenvalue weighted by atomic mass is 10.1. The molecule has 160 valence electrons. The summed E-state index contributed by atoms with van der Waals surface area (Å²) < 4.78 is 5.18. The maximum Gasteiger partial charge on any atom is 0.306 e. The highest BCUT2D eigenvalue weighted by molar-refractivity contribution is 5.69. The van der Waals surface area contributed by atoms with Gasteiger partial charge in [-0.05, 0) is 38.5 Å². The third-order valence-electron chi connectivity index (χ3n) is 5.10. The number of aliphatic hydroxyl groups is 1. The molecule has 0 bridgehead atoms. The molecule has 0 aliphatic heterocycles. The summed E-state index contributed by atoms with van der Waals surface area (Å²) >= 11 is 0. The van der Waals surface area contributed by atoms with Crippen molar-refractivity contribution < 1.29 is 14.6 Å². The molecule has 0 aliphatic rings. The molecule has 0 radical (unpaired) electrons. The first kappa shape index (κ1) is 26.2. The summed E-state index contributed by atoms with van der Waals surface area (Å²) in [6, 6.07) is 0. The van der Waals surface area contributed by atoms with Crippen LogP contribution in [0.3, 0.4) is 0 Å². The molecule has 3 nitrogen and oxygen atoms in total. The number of aliphatic hydroxyl groups excluding tert-OH is 1. The van der Waals surface area contributed by atoms with E-state index < -0.39 is 0 Å².